The molecule has 0 bridgehead atoms. The molecule has 10 heteroatoms. The van der Waals surface area contributed by atoms with E-state index in [0.29, 0.717) is 11.1 Å². The monoisotopic (exact) mass is 431 g/mol. The van der Waals surface area contributed by atoms with Gasteiger partial charge in [-0.15, -0.1) is 0 Å². The van der Waals surface area contributed by atoms with Gasteiger partial charge in [-0.25, -0.2) is 4.79 Å². The number of hydrogen-bond acceptors (Lipinski definition) is 7. The molecule has 0 aliphatic carbocycles. The van der Waals surface area contributed by atoms with Crippen LogP contribution in [-0.4, -0.2) is 63.0 Å². The first-order chi connectivity index (χ1) is 12.8. The van der Waals surface area contributed by atoms with Gasteiger partial charge in [0.05, 0.1) is 5.56 Å². The smallest absolute Gasteiger partial charge is 1.00 e. The first-order valence-corrected chi connectivity index (χ1v) is 9.34. The molecule has 1 atom stereocenters. The number of nitrogens with two attached hydrogens (primary N) is 1. The van der Waals surface area contributed by atoms with Gasteiger partial charge in [-0.1, -0.05) is 42.5 Å². The Bertz CT molecular complexity index is 1030. The Balaban J connectivity index is 0.00000280. The molecular weight excluding hydrogens is 414 g/mol. The van der Waals surface area contributed by atoms with Crippen LogP contribution in [0.2, 0.25) is 0 Å². The maximum Gasteiger partial charge on any atom is 2.00 e. The Morgan fingerprint density at radius 1 is 1.14 bits per heavy atom. The zero-order valence-electron chi connectivity index (χ0n) is 16.6. The Morgan fingerprint density at radius 3 is 2.32 bits per heavy atom. The van der Waals surface area contributed by atoms with E-state index in [9.17, 15) is 18.0 Å². The predicted molar refractivity (Wildman–Crippen MR) is 102 cm³/mol. The van der Waals surface area contributed by atoms with Gasteiger partial charge in [-0.2, -0.15) is 8.42 Å². The summed E-state index contributed by atoms with van der Waals surface area (Å²) in [5.41, 5.74) is 6.48. The van der Waals surface area contributed by atoms with Crippen molar-refractivity contribution in [3.63, 3.8) is 0 Å². The normalized spacial score (nSPS) is 16.3. The van der Waals surface area contributed by atoms with Crippen molar-refractivity contribution in [3.8, 4) is 0 Å². The minimum Gasteiger partial charge on any atom is -1.00 e. The molecule has 0 saturated heterocycles. The largest absolute Gasteiger partial charge is 2.00 e. The quantitative estimate of drug-likeness (QED) is 0.520. The van der Waals surface area contributed by atoms with Crippen LogP contribution in [0.4, 0.5) is 0 Å². The van der Waals surface area contributed by atoms with Crippen LogP contribution in [0.3, 0.4) is 0 Å². The molecule has 0 spiro atoms. The number of ketones is 1. The van der Waals surface area contributed by atoms with Gasteiger partial charge < -0.3 is 22.6 Å². The molecular formula is C18H17CaNO7S. The van der Waals surface area contributed by atoms with E-state index in [1.165, 1.54) is 24.3 Å². The van der Waals surface area contributed by atoms with Crippen LogP contribution >= 0.6 is 0 Å². The van der Waals surface area contributed by atoms with E-state index in [4.69, 9.17) is 19.8 Å². The molecule has 3 N–H and O–H groups in total. The third-order valence-corrected chi connectivity index (χ3v) is 4.89. The van der Waals surface area contributed by atoms with Crippen molar-refractivity contribution in [3.05, 3.63) is 82.9 Å². The van der Waals surface area contributed by atoms with E-state index in [2.05, 4.69) is 0 Å². The van der Waals surface area contributed by atoms with E-state index in [1.807, 2.05) is 0 Å². The molecule has 1 heterocycles. The molecule has 1 aliphatic heterocycles. The third-order valence-electron chi connectivity index (χ3n) is 3.79. The third kappa shape index (κ3) is 5.05. The number of carboxylic acids is 1. The van der Waals surface area contributed by atoms with Crippen molar-refractivity contribution in [2.24, 2.45) is 5.73 Å². The summed E-state index contributed by atoms with van der Waals surface area (Å²) in [6, 6.07) is 13.7. The van der Waals surface area contributed by atoms with Gasteiger partial charge in [-0.3, -0.25) is 4.79 Å². The fraction of sp³-hybridized carbons (Fsp3) is 0.111. The topological polar surface area (TPSA) is 133 Å². The number of ether oxygens (including phenoxy) is 1. The van der Waals surface area contributed by atoms with Crippen molar-refractivity contribution in [1.82, 2.24) is 0 Å². The van der Waals surface area contributed by atoms with Crippen LogP contribution in [0, 0.1) is 0 Å². The number of carboxylic acid groups (broad SMARTS) is 1. The van der Waals surface area contributed by atoms with Gasteiger partial charge in [0.1, 0.15) is 5.75 Å². The fourth-order valence-electron chi connectivity index (χ4n) is 2.51. The first-order valence-electron chi connectivity index (χ1n) is 7.77. The average molecular weight is 431 g/mol. The standard InChI is InChI=1S/C18H15NO7S.Ca.2H/c19-17-16(26-27(23,24)10-11-4-2-1-3-5-11)14(20)15(25-17)12-6-8-13(9-7-12)18(21)22;;;/h1-9,15H,10,19H2,(H,21,22);;;/q;+2;2*-1. The van der Waals surface area contributed by atoms with E-state index < -0.39 is 45.4 Å². The summed E-state index contributed by atoms with van der Waals surface area (Å²) in [5.74, 6) is -3.33. The zero-order valence-corrected chi connectivity index (χ0v) is 17.6. The van der Waals surface area contributed by atoms with Gasteiger partial charge in [0.2, 0.25) is 17.4 Å². The summed E-state index contributed by atoms with van der Waals surface area (Å²) in [4.78, 5) is 23.4. The van der Waals surface area contributed by atoms with Crippen molar-refractivity contribution < 1.29 is 34.9 Å². The first kappa shape index (κ1) is 22.2. The SMILES string of the molecule is NC1=C(OS(=O)(=O)Cc2ccccc2)C(=O)C(c2ccc(C(=O)O)cc2)O1.[Ca+2].[H-].[H-]. The average Bonchev–Trinajstić information content (AvgIpc) is 2.90. The van der Waals surface area contributed by atoms with E-state index in [0.717, 1.165) is 0 Å². The molecule has 1 aliphatic rings. The minimum absolute atomic E-state index is 0. The molecule has 2 aromatic carbocycles. The van der Waals surface area contributed by atoms with Gasteiger partial charge in [0.15, 0.2) is 6.10 Å². The van der Waals surface area contributed by atoms with Gasteiger partial charge in [0, 0.05) is 5.56 Å². The molecule has 8 nitrogen and oxygen atoms in total. The second-order valence-corrected chi connectivity index (χ2v) is 7.32. The summed E-state index contributed by atoms with van der Waals surface area (Å²) in [6.07, 6.45) is -1.20. The predicted octanol–water partition coefficient (Wildman–Crippen LogP) is 1.54. The maximum atomic E-state index is 12.5. The zero-order chi connectivity index (χ0) is 19.6. The maximum absolute atomic E-state index is 12.5. The molecule has 3 rings (SSSR count). The van der Waals surface area contributed by atoms with E-state index >= 15 is 0 Å². The van der Waals surface area contributed by atoms with Crippen LogP contribution in [0.25, 0.3) is 0 Å². The summed E-state index contributed by atoms with van der Waals surface area (Å²) >= 11 is 0. The molecule has 0 aromatic heterocycles. The van der Waals surface area contributed by atoms with Crippen LogP contribution in [0.5, 0.6) is 0 Å². The van der Waals surface area contributed by atoms with Crippen molar-refractivity contribution >= 4 is 59.6 Å². The van der Waals surface area contributed by atoms with Crippen molar-refractivity contribution in [2.75, 3.05) is 0 Å². The van der Waals surface area contributed by atoms with Crippen LogP contribution < -0.4 is 5.73 Å². The second kappa shape index (κ2) is 8.95. The molecule has 1 unspecified atom stereocenters. The summed E-state index contributed by atoms with van der Waals surface area (Å²) in [7, 11) is -4.12. The number of carbonyl (C=O) groups excluding carboxylic acids is 1. The van der Waals surface area contributed by atoms with Gasteiger partial charge in [-0.05, 0) is 17.7 Å². The molecule has 28 heavy (non-hydrogen) atoms. The Hall–Kier alpha value is -2.07. The van der Waals surface area contributed by atoms with Gasteiger partial charge in [0.25, 0.3) is 0 Å². The summed E-state index contributed by atoms with van der Waals surface area (Å²) < 4.78 is 34.6. The number of carbonyl (C=O) groups is 2. The summed E-state index contributed by atoms with van der Waals surface area (Å²) in [5, 5.41) is 8.91. The second-order valence-electron chi connectivity index (χ2n) is 5.75. The van der Waals surface area contributed by atoms with Crippen molar-refractivity contribution in [1.29, 1.82) is 0 Å². The fourth-order valence-corrected chi connectivity index (χ4v) is 3.59. The molecule has 0 radical (unpaired) electrons. The van der Waals surface area contributed by atoms with Crippen LogP contribution in [-0.2, 0) is 29.6 Å². The number of aromatic carboxylic acids is 1. The number of rotatable bonds is 6. The molecule has 0 fully saturated rings. The van der Waals surface area contributed by atoms with Crippen LogP contribution in [0.1, 0.15) is 30.4 Å². The summed E-state index contributed by atoms with van der Waals surface area (Å²) in [6.45, 7) is 0. The number of hydrogen-bond donors (Lipinski definition) is 2. The molecule has 0 saturated carbocycles. The van der Waals surface area contributed by atoms with E-state index in [-0.39, 0.29) is 46.2 Å². The minimum atomic E-state index is -4.12. The Kier molecular flexibility index (Phi) is 7.11. The molecule has 144 valence electrons. The number of Topliss-reactive ketones (excluding diaryl/α,β-unsaturated/α-hetero) is 1. The number of benzene rings is 2. The molecule has 0 amide bonds. The molecule has 2 aromatic rings. The van der Waals surface area contributed by atoms with Crippen LogP contribution in [0.15, 0.2) is 66.2 Å². The Morgan fingerprint density at radius 2 is 1.75 bits per heavy atom. The van der Waals surface area contributed by atoms with Gasteiger partial charge >= 0.3 is 53.8 Å². The van der Waals surface area contributed by atoms with Crippen molar-refractivity contribution in [2.45, 2.75) is 11.9 Å². The van der Waals surface area contributed by atoms with E-state index in [1.54, 1.807) is 30.3 Å². The Labute approximate surface area is 194 Å².